The van der Waals surface area contributed by atoms with E-state index in [0.29, 0.717) is 12.5 Å². The van der Waals surface area contributed by atoms with Crippen LogP contribution in [-0.4, -0.2) is 36.0 Å². The van der Waals surface area contributed by atoms with Crippen LogP contribution in [0.25, 0.3) is 0 Å². The smallest absolute Gasteiger partial charge is 0.0636 e. The first kappa shape index (κ1) is 11.9. The molecule has 0 rings (SSSR count). The first-order valence-electron chi connectivity index (χ1n) is 4.70. The van der Waals surface area contributed by atoms with Crippen LogP contribution in [-0.2, 0) is 0 Å². The van der Waals surface area contributed by atoms with Crippen molar-refractivity contribution in [2.75, 3.05) is 19.7 Å². The maximum Gasteiger partial charge on any atom is 0.0636 e. The van der Waals surface area contributed by atoms with Crippen LogP contribution in [0.2, 0.25) is 0 Å². The lowest BCUT2D eigenvalue weighted by atomic mass is 10.0. The Morgan fingerprint density at radius 3 is 2.42 bits per heavy atom. The van der Waals surface area contributed by atoms with E-state index in [-0.39, 0.29) is 12.7 Å². The zero-order valence-corrected chi connectivity index (χ0v) is 8.08. The molecular formula is C9H21NO2. The monoisotopic (exact) mass is 175 g/mol. The van der Waals surface area contributed by atoms with E-state index >= 15 is 0 Å². The Morgan fingerprint density at radius 1 is 1.33 bits per heavy atom. The van der Waals surface area contributed by atoms with Gasteiger partial charge in [0.2, 0.25) is 0 Å². The first-order chi connectivity index (χ1) is 5.70. The first-order valence-corrected chi connectivity index (χ1v) is 4.70. The maximum atomic E-state index is 8.96. The molecule has 0 bridgehead atoms. The summed E-state index contributed by atoms with van der Waals surface area (Å²) in [5, 5.41) is 20.8. The molecule has 0 aliphatic rings. The Bertz CT molecular complexity index is 96.5. The zero-order chi connectivity index (χ0) is 9.40. The average molecular weight is 175 g/mol. The van der Waals surface area contributed by atoms with Crippen molar-refractivity contribution in [3.8, 4) is 0 Å². The summed E-state index contributed by atoms with van der Waals surface area (Å²) in [6, 6.07) is 0. The predicted octanol–water partition coefficient (Wildman–Crippen LogP) is 0.365. The van der Waals surface area contributed by atoms with E-state index in [9.17, 15) is 0 Å². The highest BCUT2D eigenvalue weighted by atomic mass is 16.3. The van der Waals surface area contributed by atoms with Gasteiger partial charge in [0.1, 0.15) is 0 Å². The number of aliphatic hydroxyl groups excluding tert-OH is 2. The van der Waals surface area contributed by atoms with Crippen LogP contribution in [0.4, 0.5) is 0 Å². The SMILES string of the molecule is CCC(CCO)CNC[C@@H](C)O. The number of aliphatic hydroxyl groups is 2. The predicted molar refractivity (Wildman–Crippen MR) is 50.0 cm³/mol. The molecule has 0 amide bonds. The lowest BCUT2D eigenvalue weighted by molar-refractivity contribution is 0.186. The van der Waals surface area contributed by atoms with Crippen molar-refractivity contribution in [1.29, 1.82) is 0 Å². The van der Waals surface area contributed by atoms with Crippen molar-refractivity contribution in [3.63, 3.8) is 0 Å². The quantitative estimate of drug-likeness (QED) is 0.524. The van der Waals surface area contributed by atoms with Gasteiger partial charge in [-0.05, 0) is 25.8 Å². The van der Waals surface area contributed by atoms with Crippen molar-refractivity contribution in [3.05, 3.63) is 0 Å². The van der Waals surface area contributed by atoms with Crippen molar-refractivity contribution in [2.24, 2.45) is 5.92 Å². The van der Waals surface area contributed by atoms with Crippen LogP contribution in [0.3, 0.4) is 0 Å². The summed E-state index contributed by atoms with van der Waals surface area (Å²) in [4.78, 5) is 0. The maximum absolute atomic E-state index is 8.96. The molecule has 0 fully saturated rings. The number of hydrogen-bond donors (Lipinski definition) is 3. The minimum absolute atomic E-state index is 0.259. The van der Waals surface area contributed by atoms with Gasteiger partial charge in [-0.1, -0.05) is 13.3 Å². The van der Waals surface area contributed by atoms with Gasteiger partial charge < -0.3 is 15.5 Å². The minimum atomic E-state index is -0.281. The molecule has 2 atom stereocenters. The van der Waals surface area contributed by atoms with Gasteiger partial charge in [0, 0.05) is 13.2 Å². The minimum Gasteiger partial charge on any atom is -0.396 e. The topological polar surface area (TPSA) is 52.5 Å². The Balaban J connectivity index is 3.31. The molecule has 0 aromatic carbocycles. The Kier molecular flexibility index (Phi) is 7.45. The molecule has 0 aliphatic heterocycles. The highest BCUT2D eigenvalue weighted by Crippen LogP contribution is 2.05. The zero-order valence-electron chi connectivity index (χ0n) is 8.08. The molecule has 0 aromatic rings. The van der Waals surface area contributed by atoms with Gasteiger partial charge in [-0.2, -0.15) is 0 Å². The van der Waals surface area contributed by atoms with Crippen LogP contribution < -0.4 is 5.32 Å². The lowest BCUT2D eigenvalue weighted by Crippen LogP contribution is -2.29. The summed E-state index contributed by atoms with van der Waals surface area (Å²) in [6.07, 6.45) is 1.65. The lowest BCUT2D eigenvalue weighted by Gasteiger charge is -2.14. The van der Waals surface area contributed by atoms with Crippen LogP contribution in [0, 0.1) is 5.92 Å². The highest BCUT2D eigenvalue weighted by Gasteiger charge is 2.04. The van der Waals surface area contributed by atoms with Crippen molar-refractivity contribution in [2.45, 2.75) is 32.8 Å². The second kappa shape index (κ2) is 7.53. The third-order valence-corrected chi connectivity index (χ3v) is 1.99. The van der Waals surface area contributed by atoms with Gasteiger partial charge in [-0.15, -0.1) is 0 Å². The Hall–Kier alpha value is -0.120. The van der Waals surface area contributed by atoms with Crippen molar-refractivity contribution in [1.82, 2.24) is 5.32 Å². The van der Waals surface area contributed by atoms with E-state index in [1.165, 1.54) is 0 Å². The number of hydrogen-bond acceptors (Lipinski definition) is 3. The van der Waals surface area contributed by atoms with Gasteiger partial charge in [-0.3, -0.25) is 0 Å². The fraction of sp³-hybridized carbons (Fsp3) is 1.00. The molecule has 0 aromatic heterocycles. The standard InChI is InChI=1S/C9H21NO2/c1-3-9(4-5-11)7-10-6-8(2)12/h8-12H,3-7H2,1-2H3/t8-,9?/m1/s1. The highest BCUT2D eigenvalue weighted by molar-refractivity contribution is 4.61. The third-order valence-electron chi connectivity index (χ3n) is 1.99. The molecule has 1 unspecified atom stereocenters. The molecule has 0 heterocycles. The summed E-state index contributed by atoms with van der Waals surface area (Å²) in [6.45, 7) is 5.67. The summed E-state index contributed by atoms with van der Waals surface area (Å²) >= 11 is 0. The summed E-state index contributed by atoms with van der Waals surface area (Å²) in [5.74, 6) is 0.536. The summed E-state index contributed by atoms with van der Waals surface area (Å²) in [7, 11) is 0. The second-order valence-electron chi connectivity index (χ2n) is 3.29. The van der Waals surface area contributed by atoms with Gasteiger partial charge in [0.05, 0.1) is 6.10 Å². The third kappa shape index (κ3) is 6.58. The van der Waals surface area contributed by atoms with E-state index in [0.717, 1.165) is 19.4 Å². The van der Waals surface area contributed by atoms with Gasteiger partial charge in [0.15, 0.2) is 0 Å². The number of nitrogens with one attached hydrogen (secondary N) is 1. The van der Waals surface area contributed by atoms with Crippen molar-refractivity contribution >= 4 is 0 Å². The molecule has 0 saturated heterocycles. The van der Waals surface area contributed by atoms with E-state index in [4.69, 9.17) is 10.2 Å². The molecule has 3 N–H and O–H groups in total. The summed E-state index contributed by atoms with van der Waals surface area (Å²) < 4.78 is 0. The van der Waals surface area contributed by atoms with Gasteiger partial charge in [0.25, 0.3) is 0 Å². The molecule has 12 heavy (non-hydrogen) atoms. The summed E-state index contributed by atoms with van der Waals surface area (Å²) in [5.41, 5.74) is 0. The number of rotatable bonds is 7. The molecule has 3 heteroatoms. The van der Waals surface area contributed by atoms with Gasteiger partial charge >= 0.3 is 0 Å². The molecule has 0 radical (unpaired) electrons. The van der Waals surface area contributed by atoms with E-state index in [2.05, 4.69) is 12.2 Å². The van der Waals surface area contributed by atoms with Crippen LogP contribution in [0.1, 0.15) is 26.7 Å². The van der Waals surface area contributed by atoms with E-state index in [1.807, 2.05) is 0 Å². The normalized spacial score (nSPS) is 16.0. The fourth-order valence-corrected chi connectivity index (χ4v) is 1.13. The molecular weight excluding hydrogens is 154 g/mol. The Morgan fingerprint density at radius 2 is 2.00 bits per heavy atom. The van der Waals surface area contributed by atoms with E-state index < -0.39 is 0 Å². The van der Waals surface area contributed by atoms with Crippen LogP contribution in [0.15, 0.2) is 0 Å². The van der Waals surface area contributed by atoms with Crippen LogP contribution in [0.5, 0.6) is 0 Å². The second-order valence-corrected chi connectivity index (χ2v) is 3.29. The molecule has 74 valence electrons. The Labute approximate surface area is 74.8 Å². The molecule has 0 spiro atoms. The molecule has 0 aliphatic carbocycles. The van der Waals surface area contributed by atoms with Gasteiger partial charge in [-0.25, -0.2) is 0 Å². The fourth-order valence-electron chi connectivity index (χ4n) is 1.13. The largest absolute Gasteiger partial charge is 0.396 e. The van der Waals surface area contributed by atoms with Crippen molar-refractivity contribution < 1.29 is 10.2 Å². The van der Waals surface area contributed by atoms with E-state index in [1.54, 1.807) is 6.92 Å². The molecule has 0 saturated carbocycles. The molecule has 3 nitrogen and oxygen atoms in total. The average Bonchev–Trinajstić information content (AvgIpc) is 2.02. The van der Waals surface area contributed by atoms with Crippen LogP contribution >= 0.6 is 0 Å².